The van der Waals surface area contributed by atoms with Crippen molar-refractivity contribution < 1.29 is 9.84 Å². The molecule has 110 valence electrons. The quantitative estimate of drug-likeness (QED) is 0.737. The Morgan fingerprint density at radius 1 is 1.33 bits per heavy atom. The van der Waals surface area contributed by atoms with Crippen LogP contribution in [-0.2, 0) is 17.8 Å². The number of hydrogen-bond donors (Lipinski definition) is 2. The minimum atomic E-state index is -0.225. The van der Waals surface area contributed by atoms with Gasteiger partial charge in [-0.05, 0) is 24.1 Å². The molecule has 0 saturated heterocycles. The third-order valence-electron chi connectivity index (χ3n) is 3.05. The van der Waals surface area contributed by atoms with E-state index in [-0.39, 0.29) is 11.8 Å². The molecule has 7 nitrogen and oxygen atoms in total. The first-order chi connectivity index (χ1) is 10.2. The monoisotopic (exact) mass is 305 g/mol. The average Bonchev–Trinajstić information content (AvgIpc) is 3.04. The lowest BCUT2D eigenvalue weighted by Crippen LogP contribution is -2.13. The zero-order chi connectivity index (χ0) is 14.8. The predicted octanol–water partition coefficient (Wildman–Crippen LogP) is 1.28. The molecule has 0 saturated carbocycles. The zero-order valence-electron chi connectivity index (χ0n) is 11.4. The third-order valence-corrected chi connectivity index (χ3v) is 4.08. The van der Waals surface area contributed by atoms with E-state index in [4.69, 9.17) is 10.5 Å². The van der Waals surface area contributed by atoms with Crippen LogP contribution in [0.25, 0.3) is 4.96 Å². The van der Waals surface area contributed by atoms with Crippen LogP contribution in [0.4, 0.5) is 0 Å². The predicted molar refractivity (Wildman–Crippen MR) is 78.1 cm³/mol. The molecule has 8 heteroatoms. The largest absolute Gasteiger partial charge is 0.508 e. The number of phenols is 1. The second-order valence-corrected chi connectivity index (χ2v) is 5.65. The van der Waals surface area contributed by atoms with Crippen LogP contribution in [0.1, 0.15) is 22.4 Å². The number of nitrogens with zero attached hydrogens (tertiary/aromatic N) is 4. The molecule has 0 aliphatic carbocycles. The molecule has 3 N–H and O–H groups in total. The first-order valence-electron chi connectivity index (χ1n) is 6.41. The number of ether oxygens (including phenoxy) is 1. The fourth-order valence-electron chi connectivity index (χ4n) is 2.01. The Morgan fingerprint density at radius 2 is 2.10 bits per heavy atom. The van der Waals surface area contributed by atoms with E-state index < -0.39 is 0 Å². The fraction of sp³-hybridized carbons (Fsp3) is 0.308. The Kier molecular flexibility index (Phi) is 3.82. The van der Waals surface area contributed by atoms with Crippen molar-refractivity contribution >= 4 is 16.3 Å². The maximum atomic E-state index is 9.28. The van der Waals surface area contributed by atoms with Gasteiger partial charge in [-0.3, -0.25) is 0 Å². The van der Waals surface area contributed by atoms with Crippen molar-refractivity contribution in [3.63, 3.8) is 0 Å². The summed E-state index contributed by atoms with van der Waals surface area (Å²) in [5.41, 5.74) is 7.25. The Morgan fingerprint density at radius 3 is 2.81 bits per heavy atom. The molecular weight excluding hydrogens is 290 g/mol. The number of phenolic OH excluding ortho intramolecular Hbond substituents is 1. The second-order valence-electron chi connectivity index (χ2n) is 4.66. The highest BCUT2D eigenvalue weighted by Gasteiger charge is 2.16. The summed E-state index contributed by atoms with van der Waals surface area (Å²) in [5.74, 6) is 0.905. The Labute approximate surface area is 125 Å². The molecule has 3 aromatic rings. The van der Waals surface area contributed by atoms with Crippen LogP contribution in [0.3, 0.4) is 0 Å². The maximum Gasteiger partial charge on any atom is 0.234 e. The van der Waals surface area contributed by atoms with E-state index in [1.54, 1.807) is 23.8 Å². The molecule has 1 atom stereocenters. The summed E-state index contributed by atoms with van der Waals surface area (Å²) in [6.07, 6.45) is 0.643. The van der Waals surface area contributed by atoms with E-state index in [1.807, 2.05) is 12.1 Å². The van der Waals surface area contributed by atoms with Crippen LogP contribution in [0.15, 0.2) is 24.3 Å². The van der Waals surface area contributed by atoms with Gasteiger partial charge in [0.15, 0.2) is 5.82 Å². The molecule has 0 aliphatic heterocycles. The molecule has 3 rings (SSSR count). The lowest BCUT2D eigenvalue weighted by molar-refractivity contribution is 0.176. The number of rotatable bonds is 5. The number of methoxy groups -OCH3 is 1. The van der Waals surface area contributed by atoms with Crippen molar-refractivity contribution in [3.8, 4) is 5.75 Å². The summed E-state index contributed by atoms with van der Waals surface area (Å²) >= 11 is 1.42. The molecule has 0 spiro atoms. The van der Waals surface area contributed by atoms with Crippen LogP contribution in [0.2, 0.25) is 0 Å². The van der Waals surface area contributed by atoms with Crippen LogP contribution in [0.5, 0.6) is 5.75 Å². The van der Waals surface area contributed by atoms with Gasteiger partial charge in [0, 0.05) is 7.11 Å². The van der Waals surface area contributed by atoms with Gasteiger partial charge in [-0.15, -0.1) is 10.2 Å². The molecule has 0 radical (unpaired) electrons. The molecule has 0 fully saturated rings. The highest BCUT2D eigenvalue weighted by atomic mass is 32.1. The average molecular weight is 305 g/mol. The standard InChI is InChI=1S/C13H15N5O2S/c1-20-7-11-15-16-13-18(11)17-12(21-13)10(14)6-8-2-4-9(19)5-3-8/h2-5,10,19H,6-7,14H2,1H3. The van der Waals surface area contributed by atoms with Gasteiger partial charge < -0.3 is 15.6 Å². The second kappa shape index (κ2) is 5.76. The molecule has 0 bridgehead atoms. The number of aromatic nitrogens is 4. The summed E-state index contributed by atoms with van der Waals surface area (Å²) in [7, 11) is 1.60. The van der Waals surface area contributed by atoms with Gasteiger partial charge in [0.25, 0.3) is 0 Å². The van der Waals surface area contributed by atoms with Crippen LogP contribution in [-0.4, -0.2) is 32.0 Å². The number of aromatic hydroxyl groups is 1. The van der Waals surface area contributed by atoms with Gasteiger partial charge in [0.2, 0.25) is 4.96 Å². The van der Waals surface area contributed by atoms with Gasteiger partial charge in [0.1, 0.15) is 17.4 Å². The Bertz CT molecular complexity index is 737. The smallest absolute Gasteiger partial charge is 0.234 e. The molecule has 21 heavy (non-hydrogen) atoms. The molecular formula is C13H15N5O2S. The lowest BCUT2D eigenvalue weighted by atomic mass is 10.1. The first-order valence-corrected chi connectivity index (χ1v) is 7.22. The van der Waals surface area contributed by atoms with Gasteiger partial charge in [-0.1, -0.05) is 23.5 Å². The third kappa shape index (κ3) is 2.87. The van der Waals surface area contributed by atoms with Crippen molar-refractivity contribution in [1.29, 1.82) is 0 Å². The van der Waals surface area contributed by atoms with E-state index in [0.29, 0.717) is 23.8 Å². The minimum absolute atomic E-state index is 0.225. The lowest BCUT2D eigenvalue weighted by Gasteiger charge is -2.07. The Hall–Kier alpha value is -2.03. The molecule has 2 aromatic heterocycles. The highest BCUT2D eigenvalue weighted by Crippen LogP contribution is 2.23. The normalized spacial score (nSPS) is 12.9. The Balaban J connectivity index is 1.80. The van der Waals surface area contributed by atoms with Gasteiger partial charge in [0.05, 0.1) is 6.04 Å². The number of benzene rings is 1. The van der Waals surface area contributed by atoms with Gasteiger partial charge in [-0.2, -0.15) is 9.61 Å². The number of fused-ring (bicyclic) bond motifs is 1. The molecule has 1 unspecified atom stereocenters. The van der Waals surface area contributed by atoms with E-state index >= 15 is 0 Å². The summed E-state index contributed by atoms with van der Waals surface area (Å²) in [4.78, 5) is 0.707. The fourth-order valence-corrected chi connectivity index (χ4v) is 2.87. The van der Waals surface area contributed by atoms with E-state index in [1.165, 1.54) is 11.3 Å². The summed E-state index contributed by atoms with van der Waals surface area (Å²) in [6, 6.07) is 6.78. The van der Waals surface area contributed by atoms with Crippen molar-refractivity contribution in [1.82, 2.24) is 19.8 Å². The molecule has 0 amide bonds. The van der Waals surface area contributed by atoms with Crippen molar-refractivity contribution in [2.75, 3.05) is 7.11 Å². The molecule has 1 aromatic carbocycles. The van der Waals surface area contributed by atoms with Crippen molar-refractivity contribution in [2.45, 2.75) is 19.1 Å². The van der Waals surface area contributed by atoms with Crippen LogP contribution < -0.4 is 5.73 Å². The first kappa shape index (κ1) is 13.9. The zero-order valence-corrected chi connectivity index (χ0v) is 12.2. The van der Waals surface area contributed by atoms with Crippen molar-refractivity contribution in [3.05, 3.63) is 40.7 Å². The van der Waals surface area contributed by atoms with Crippen LogP contribution >= 0.6 is 11.3 Å². The molecule has 0 aliphatic rings. The SMILES string of the molecule is COCc1nnc2sc(C(N)Cc3ccc(O)cc3)nn12. The molecule has 2 heterocycles. The van der Waals surface area contributed by atoms with Gasteiger partial charge in [-0.25, -0.2) is 0 Å². The van der Waals surface area contributed by atoms with Crippen LogP contribution in [0, 0.1) is 0 Å². The van der Waals surface area contributed by atoms with Gasteiger partial charge >= 0.3 is 0 Å². The minimum Gasteiger partial charge on any atom is -0.508 e. The maximum absolute atomic E-state index is 9.28. The highest BCUT2D eigenvalue weighted by molar-refractivity contribution is 7.16. The summed E-state index contributed by atoms with van der Waals surface area (Å²) in [6.45, 7) is 0.359. The summed E-state index contributed by atoms with van der Waals surface area (Å²) in [5, 5.41) is 22.6. The van der Waals surface area contributed by atoms with E-state index in [0.717, 1.165) is 10.6 Å². The van der Waals surface area contributed by atoms with Crippen molar-refractivity contribution in [2.24, 2.45) is 5.73 Å². The summed E-state index contributed by atoms with van der Waals surface area (Å²) < 4.78 is 6.72. The van der Waals surface area contributed by atoms with E-state index in [9.17, 15) is 5.11 Å². The topological polar surface area (TPSA) is 98.6 Å². The number of hydrogen-bond acceptors (Lipinski definition) is 7. The van der Waals surface area contributed by atoms with E-state index in [2.05, 4.69) is 15.3 Å². The number of nitrogens with two attached hydrogens (primary N) is 1.